The van der Waals surface area contributed by atoms with E-state index >= 15 is 0 Å². The first kappa shape index (κ1) is 23.3. The second-order valence-electron chi connectivity index (χ2n) is 7.04. The zero-order chi connectivity index (χ0) is 23.6. The van der Waals surface area contributed by atoms with E-state index in [1.54, 1.807) is 24.3 Å². The van der Waals surface area contributed by atoms with Gasteiger partial charge in [0.15, 0.2) is 0 Å². The molecule has 0 atom stereocenters. The maximum absolute atomic E-state index is 12.0. The number of carbonyl (C=O) groups excluding carboxylic acids is 5. The van der Waals surface area contributed by atoms with Crippen LogP contribution in [0.1, 0.15) is 12.0 Å². The fourth-order valence-corrected chi connectivity index (χ4v) is 2.89. The minimum absolute atomic E-state index is 0.00851. The summed E-state index contributed by atoms with van der Waals surface area (Å²) in [5, 5.41) is 10.0. The largest absolute Gasteiger partial charge is 0.445 e. The third kappa shape index (κ3) is 7.35. The number of benzene rings is 2. The Morgan fingerprint density at radius 1 is 0.909 bits per heavy atom. The maximum atomic E-state index is 12.0. The third-order valence-corrected chi connectivity index (χ3v) is 4.56. The van der Waals surface area contributed by atoms with Gasteiger partial charge in [0.2, 0.25) is 17.7 Å². The molecular weight excluding hydrogens is 430 g/mol. The Bertz CT molecular complexity index is 1010. The summed E-state index contributed by atoms with van der Waals surface area (Å²) in [6.45, 7) is -0.235. The molecule has 2 aromatic carbocycles. The van der Waals surface area contributed by atoms with Gasteiger partial charge in [-0.15, -0.1) is 0 Å². The fourth-order valence-electron chi connectivity index (χ4n) is 2.89. The van der Waals surface area contributed by atoms with Gasteiger partial charge in [0, 0.05) is 24.3 Å². The van der Waals surface area contributed by atoms with Gasteiger partial charge < -0.3 is 26.0 Å². The monoisotopic (exact) mass is 453 g/mol. The molecule has 0 unspecified atom stereocenters. The summed E-state index contributed by atoms with van der Waals surface area (Å²) in [4.78, 5) is 59.7. The minimum atomic E-state index is -0.708. The number of nitrogens with zero attached hydrogens (tertiary/aromatic N) is 1. The molecule has 6 amide bonds. The summed E-state index contributed by atoms with van der Waals surface area (Å²) < 4.78 is 5.03. The van der Waals surface area contributed by atoms with Crippen molar-refractivity contribution in [3.63, 3.8) is 0 Å². The van der Waals surface area contributed by atoms with Crippen LogP contribution in [-0.4, -0.2) is 54.4 Å². The molecule has 0 aromatic heterocycles. The number of alkyl carbamates (subject to hydrolysis) is 1. The highest BCUT2D eigenvalue weighted by molar-refractivity contribution is 6.02. The lowest BCUT2D eigenvalue weighted by Gasteiger charge is -2.12. The van der Waals surface area contributed by atoms with Gasteiger partial charge >= 0.3 is 12.1 Å². The van der Waals surface area contributed by atoms with Crippen LogP contribution >= 0.6 is 0 Å². The Morgan fingerprint density at radius 2 is 1.55 bits per heavy atom. The second kappa shape index (κ2) is 11.3. The molecule has 2 aromatic rings. The number of hydrogen-bond acceptors (Lipinski definition) is 6. The average Bonchev–Trinajstić information content (AvgIpc) is 3.14. The van der Waals surface area contributed by atoms with Gasteiger partial charge in [-0.1, -0.05) is 30.3 Å². The molecule has 11 nitrogen and oxygen atoms in total. The van der Waals surface area contributed by atoms with Gasteiger partial charge in [-0.25, -0.2) is 9.59 Å². The van der Waals surface area contributed by atoms with Crippen molar-refractivity contribution in [3.05, 3.63) is 60.2 Å². The highest BCUT2D eigenvalue weighted by Gasteiger charge is 2.28. The molecule has 33 heavy (non-hydrogen) atoms. The van der Waals surface area contributed by atoms with Crippen LogP contribution in [0.3, 0.4) is 0 Å². The third-order valence-electron chi connectivity index (χ3n) is 4.56. The first-order valence-corrected chi connectivity index (χ1v) is 10.1. The van der Waals surface area contributed by atoms with Crippen molar-refractivity contribution in [2.75, 3.05) is 30.3 Å². The number of anilines is 2. The highest BCUT2D eigenvalue weighted by Crippen LogP contribution is 2.14. The summed E-state index contributed by atoms with van der Waals surface area (Å²) >= 11 is 0. The molecule has 0 bridgehead atoms. The fraction of sp³-hybridized carbons (Fsp3) is 0.227. The Hall–Kier alpha value is -4.41. The van der Waals surface area contributed by atoms with Gasteiger partial charge in [0.05, 0.1) is 6.54 Å². The summed E-state index contributed by atoms with van der Waals surface area (Å²) in [7, 11) is 0. The zero-order valence-electron chi connectivity index (χ0n) is 17.6. The van der Waals surface area contributed by atoms with Crippen LogP contribution in [0.4, 0.5) is 21.0 Å². The van der Waals surface area contributed by atoms with Crippen molar-refractivity contribution >= 4 is 41.2 Å². The topological polar surface area (TPSA) is 146 Å². The Balaban J connectivity index is 1.35. The van der Waals surface area contributed by atoms with Crippen molar-refractivity contribution in [3.8, 4) is 0 Å². The van der Waals surface area contributed by atoms with E-state index in [2.05, 4.69) is 21.3 Å². The van der Waals surface area contributed by atoms with Crippen LogP contribution in [0.5, 0.6) is 0 Å². The van der Waals surface area contributed by atoms with Gasteiger partial charge in [-0.2, -0.15) is 0 Å². The summed E-state index contributed by atoms with van der Waals surface area (Å²) in [6, 6.07) is 15.0. The number of urea groups is 1. The van der Waals surface area contributed by atoms with Gasteiger partial charge in [-0.3, -0.25) is 19.3 Å². The standard InChI is InChI=1S/C22H23N5O6/c28-18(10-11-27-20(30)13-23-21(27)31)25-16-6-8-17(9-7-16)26-19(29)12-24-22(32)33-14-15-4-2-1-3-5-15/h1-9H,10-14H2,(H,23,31)(H,24,32)(H,25,28)(H,26,29). The second-order valence-corrected chi connectivity index (χ2v) is 7.04. The molecule has 3 rings (SSSR count). The molecule has 1 aliphatic rings. The lowest BCUT2D eigenvalue weighted by molar-refractivity contribution is -0.125. The first-order valence-electron chi connectivity index (χ1n) is 10.1. The molecule has 172 valence electrons. The van der Waals surface area contributed by atoms with Crippen LogP contribution in [0, 0.1) is 0 Å². The van der Waals surface area contributed by atoms with E-state index in [1.807, 2.05) is 30.3 Å². The van der Waals surface area contributed by atoms with E-state index in [4.69, 9.17) is 4.74 Å². The number of ether oxygens (including phenoxy) is 1. The summed E-state index contributed by atoms with van der Waals surface area (Å²) in [5.74, 6) is -1.18. The SMILES string of the molecule is O=C(CCN1C(=O)CNC1=O)Nc1ccc(NC(=O)CNC(=O)OCc2ccccc2)cc1. The number of amides is 6. The van der Waals surface area contributed by atoms with Crippen LogP contribution in [0.25, 0.3) is 0 Å². The summed E-state index contributed by atoms with van der Waals surface area (Å²) in [5.41, 5.74) is 1.79. The number of carbonyl (C=O) groups is 5. The molecule has 1 fully saturated rings. The van der Waals surface area contributed by atoms with E-state index in [1.165, 1.54) is 0 Å². The van der Waals surface area contributed by atoms with Crippen LogP contribution in [0.15, 0.2) is 54.6 Å². The molecule has 11 heteroatoms. The smallest absolute Gasteiger partial charge is 0.407 e. The maximum Gasteiger partial charge on any atom is 0.407 e. The number of imide groups is 1. The van der Waals surface area contributed by atoms with E-state index in [0.29, 0.717) is 11.4 Å². The molecular formula is C22H23N5O6. The Labute approximate surface area is 189 Å². The van der Waals surface area contributed by atoms with E-state index < -0.39 is 18.0 Å². The Morgan fingerprint density at radius 3 is 2.15 bits per heavy atom. The number of rotatable bonds is 9. The lowest BCUT2D eigenvalue weighted by Crippen LogP contribution is -2.33. The van der Waals surface area contributed by atoms with Crippen LogP contribution in [0.2, 0.25) is 0 Å². The number of hydrogen-bond donors (Lipinski definition) is 4. The molecule has 0 radical (unpaired) electrons. The molecule has 1 heterocycles. The molecule has 1 aliphatic heterocycles. The van der Waals surface area contributed by atoms with Crippen molar-refractivity contribution < 1.29 is 28.7 Å². The normalized spacial score (nSPS) is 12.7. The van der Waals surface area contributed by atoms with Crippen molar-refractivity contribution in [2.24, 2.45) is 0 Å². The van der Waals surface area contributed by atoms with Gasteiger partial charge in [-0.05, 0) is 29.8 Å². The molecule has 0 saturated carbocycles. The highest BCUT2D eigenvalue weighted by atomic mass is 16.5. The molecule has 4 N–H and O–H groups in total. The van der Waals surface area contributed by atoms with Gasteiger partial charge in [0.1, 0.15) is 13.2 Å². The van der Waals surface area contributed by atoms with Gasteiger partial charge in [0.25, 0.3) is 0 Å². The first-order chi connectivity index (χ1) is 15.9. The quantitative estimate of drug-likeness (QED) is 0.423. The zero-order valence-corrected chi connectivity index (χ0v) is 17.6. The molecule has 1 saturated heterocycles. The van der Waals surface area contributed by atoms with E-state index in [-0.39, 0.29) is 44.5 Å². The molecule has 0 spiro atoms. The predicted molar refractivity (Wildman–Crippen MR) is 118 cm³/mol. The van der Waals surface area contributed by atoms with E-state index in [0.717, 1.165) is 10.5 Å². The Kier molecular flexibility index (Phi) is 7.95. The molecule has 0 aliphatic carbocycles. The van der Waals surface area contributed by atoms with Crippen molar-refractivity contribution in [2.45, 2.75) is 13.0 Å². The van der Waals surface area contributed by atoms with Crippen molar-refractivity contribution in [1.29, 1.82) is 0 Å². The van der Waals surface area contributed by atoms with Crippen LogP contribution in [-0.2, 0) is 25.7 Å². The van der Waals surface area contributed by atoms with E-state index in [9.17, 15) is 24.0 Å². The number of nitrogens with one attached hydrogen (secondary N) is 4. The minimum Gasteiger partial charge on any atom is -0.445 e. The van der Waals surface area contributed by atoms with Crippen LogP contribution < -0.4 is 21.3 Å². The predicted octanol–water partition coefficient (Wildman–Crippen LogP) is 1.43. The average molecular weight is 453 g/mol. The van der Waals surface area contributed by atoms with Crippen molar-refractivity contribution in [1.82, 2.24) is 15.5 Å². The summed E-state index contributed by atoms with van der Waals surface area (Å²) in [6.07, 6.45) is -0.746. The lowest BCUT2D eigenvalue weighted by atomic mass is 10.2.